The first-order valence-electron chi connectivity index (χ1n) is 5.35. The van der Waals surface area contributed by atoms with Crippen LogP contribution in [0.15, 0.2) is 18.2 Å². The third-order valence-corrected chi connectivity index (χ3v) is 2.82. The molecular formula is C12H17ClN2O2. The van der Waals surface area contributed by atoms with E-state index in [1.165, 1.54) is 0 Å². The van der Waals surface area contributed by atoms with E-state index in [1.54, 1.807) is 18.2 Å². The summed E-state index contributed by atoms with van der Waals surface area (Å²) < 4.78 is 0. The predicted octanol–water partition coefficient (Wildman–Crippen LogP) is 1.81. The largest absolute Gasteiger partial charge is 0.397 e. The minimum Gasteiger partial charge on any atom is -0.397 e. The molecule has 0 aliphatic carbocycles. The van der Waals surface area contributed by atoms with Crippen molar-refractivity contribution in [2.24, 2.45) is 0 Å². The summed E-state index contributed by atoms with van der Waals surface area (Å²) in [6, 6.07) is 4.92. The molecule has 0 heterocycles. The second-order valence-corrected chi connectivity index (χ2v) is 4.92. The lowest BCUT2D eigenvalue weighted by Gasteiger charge is -2.25. The molecule has 5 heteroatoms. The number of halogens is 1. The molecule has 17 heavy (non-hydrogen) atoms. The maximum Gasteiger partial charge on any atom is 0.253 e. The molecule has 0 fully saturated rings. The van der Waals surface area contributed by atoms with Gasteiger partial charge in [0, 0.05) is 12.1 Å². The zero-order valence-corrected chi connectivity index (χ0v) is 10.7. The van der Waals surface area contributed by atoms with Crippen molar-refractivity contribution in [1.29, 1.82) is 0 Å². The van der Waals surface area contributed by atoms with E-state index >= 15 is 0 Å². The van der Waals surface area contributed by atoms with E-state index in [1.807, 2.05) is 13.8 Å². The van der Waals surface area contributed by atoms with Crippen LogP contribution >= 0.6 is 11.6 Å². The second kappa shape index (κ2) is 5.38. The van der Waals surface area contributed by atoms with Crippen molar-refractivity contribution < 1.29 is 9.90 Å². The highest BCUT2D eigenvalue weighted by molar-refractivity contribution is 6.33. The summed E-state index contributed by atoms with van der Waals surface area (Å²) in [7, 11) is 0. The number of aliphatic hydroxyl groups is 1. The Balaban J connectivity index is 2.87. The summed E-state index contributed by atoms with van der Waals surface area (Å²) in [5, 5.41) is 12.0. The van der Waals surface area contributed by atoms with Crippen LogP contribution in [0.5, 0.6) is 0 Å². The third-order valence-electron chi connectivity index (χ3n) is 2.49. The monoisotopic (exact) mass is 256 g/mol. The molecule has 0 aromatic heterocycles. The predicted molar refractivity (Wildman–Crippen MR) is 69.1 cm³/mol. The van der Waals surface area contributed by atoms with E-state index in [2.05, 4.69) is 5.32 Å². The Morgan fingerprint density at radius 2 is 2.18 bits per heavy atom. The molecule has 0 atom stereocenters. The topological polar surface area (TPSA) is 75.3 Å². The van der Waals surface area contributed by atoms with Gasteiger partial charge in [-0.05, 0) is 32.4 Å². The lowest BCUT2D eigenvalue weighted by Crippen LogP contribution is -2.44. The Morgan fingerprint density at radius 1 is 1.53 bits per heavy atom. The fourth-order valence-corrected chi connectivity index (χ4v) is 1.63. The zero-order valence-electron chi connectivity index (χ0n) is 9.96. The van der Waals surface area contributed by atoms with Crippen molar-refractivity contribution in [2.45, 2.75) is 25.8 Å². The summed E-state index contributed by atoms with van der Waals surface area (Å²) in [4.78, 5) is 12.0. The summed E-state index contributed by atoms with van der Waals surface area (Å²) in [5.74, 6) is -0.288. The van der Waals surface area contributed by atoms with Crippen LogP contribution in [0.1, 0.15) is 30.6 Å². The molecule has 0 spiro atoms. The molecule has 1 aromatic carbocycles. The Hall–Kier alpha value is -1.26. The van der Waals surface area contributed by atoms with Gasteiger partial charge in [0.2, 0.25) is 0 Å². The molecular weight excluding hydrogens is 240 g/mol. The van der Waals surface area contributed by atoms with Crippen molar-refractivity contribution in [3.63, 3.8) is 0 Å². The fraction of sp³-hybridized carbons (Fsp3) is 0.417. The Bertz CT molecular complexity index is 419. The minimum atomic E-state index is -0.486. The Morgan fingerprint density at radius 3 is 2.76 bits per heavy atom. The third kappa shape index (κ3) is 3.61. The zero-order chi connectivity index (χ0) is 13.1. The van der Waals surface area contributed by atoms with Crippen molar-refractivity contribution in [2.75, 3.05) is 12.3 Å². The molecule has 1 aromatic rings. The number of anilines is 1. The maximum atomic E-state index is 12.0. The highest BCUT2D eigenvalue weighted by Gasteiger charge is 2.22. The standard InChI is InChI=1S/C12H17ClN2O2/c1-12(2,6-7-16)15-11(17)8-4-3-5-9(13)10(8)14/h3-5,16H,6-7,14H2,1-2H3,(H,15,17). The molecule has 1 amide bonds. The summed E-state index contributed by atoms with van der Waals surface area (Å²) >= 11 is 5.85. The Kier molecular flexibility index (Phi) is 4.37. The van der Waals surface area contributed by atoms with Gasteiger partial charge in [0.1, 0.15) is 0 Å². The minimum absolute atomic E-state index is 0.0122. The van der Waals surface area contributed by atoms with Gasteiger partial charge >= 0.3 is 0 Å². The first kappa shape index (κ1) is 13.8. The molecule has 0 aliphatic rings. The maximum absolute atomic E-state index is 12.0. The van der Waals surface area contributed by atoms with Gasteiger partial charge < -0.3 is 16.2 Å². The summed E-state index contributed by atoms with van der Waals surface area (Å²) in [5.41, 5.74) is 5.87. The number of benzene rings is 1. The van der Waals surface area contributed by atoms with Crippen LogP contribution in [0, 0.1) is 0 Å². The van der Waals surface area contributed by atoms with Gasteiger partial charge in [-0.2, -0.15) is 0 Å². The van der Waals surface area contributed by atoms with E-state index in [0.717, 1.165) is 0 Å². The van der Waals surface area contributed by atoms with Crippen molar-refractivity contribution in [1.82, 2.24) is 5.32 Å². The molecule has 94 valence electrons. The van der Waals surface area contributed by atoms with Gasteiger partial charge in [-0.1, -0.05) is 17.7 Å². The number of para-hydroxylation sites is 1. The summed E-state index contributed by atoms with van der Waals surface area (Å²) in [6.45, 7) is 3.68. The Labute approximate surface area is 106 Å². The number of carbonyl (C=O) groups is 1. The van der Waals surface area contributed by atoms with E-state index in [9.17, 15) is 4.79 Å². The highest BCUT2D eigenvalue weighted by atomic mass is 35.5. The quantitative estimate of drug-likeness (QED) is 0.720. The molecule has 0 saturated heterocycles. The van der Waals surface area contributed by atoms with Gasteiger partial charge in [-0.25, -0.2) is 0 Å². The fourth-order valence-electron chi connectivity index (χ4n) is 1.45. The van der Waals surface area contributed by atoms with Gasteiger partial charge in [0.15, 0.2) is 0 Å². The highest BCUT2D eigenvalue weighted by Crippen LogP contribution is 2.23. The van der Waals surface area contributed by atoms with Crippen LogP contribution in [-0.4, -0.2) is 23.2 Å². The van der Waals surface area contributed by atoms with Crippen LogP contribution in [-0.2, 0) is 0 Å². The number of hydrogen-bond acceptors (Lipinski definition) is 3. The van der Waals surface area contributed by atoms with Crippen LogP contribution in [0.3, 0.4) is 0 Å². The molecule has 0 unspecified atom stereocenters. The molecule has 0 saturated carbocycles. The average molecular weight is 257 g/mol. The number of amides is 1. The van der Waals surface area contributed by atoms with Gasteiger partial charge in [0.05, 0.1) is 16.3 Å². The smallest absolute Gasteiger partial charge is 0.253 e. The van der Waals surface area contributed by atoms with Crippen LogP contribution in [0.2, 0.25) is 5.02 Å². The number of nitrogens with one attached hydrogen (secondary N) is 1. The normalized spacial score (nSPS) is 11.3. The van der Waals surface area contributed by atoms with E-state index in [0.29, 0.717) is 17.0 Å². The van der Waals surface area contributed by atoms with Crippen LogP contribution < -0.4 is 11.1 Å². The average Bonchev–Trinajstić information content (AvgIpc) is 2.21. The molecule has 1 rings (SSSR count). The molecule has 0 bridgehead atoms. The van der Waals surface area contributed by atoms with Gasteiger partial charge in [0.25, 0.3) is 5.91 Å². The number of nitrogens with two attached hydrogens (primary N) is 1. The molecule has 0 aliphatic heterocycles. The van der Waals surface area contributed by atoms with E-state index in [4.69, 9.17) is 22.4 Å². The molecule has 0 radical (unpaired) electrons. The lowest BCUT2D eigenvalue weighted by molar-refractivity contribution is 0.0900. The lowest BCUT2D eigenvalue weighted by atomic mass is 10.0. The van der Waals surface area contributed by atoms with Crippen molar-refractivity contribution in [3.8, 4) is 0 Å². The van der Waals surface area contributed by atoms with E-state index < -0.39 is 5.54 Å². The SMILES string of the molecule is CC(C)(CCO)NC(=O)c1cccc(Cl)c1N. The van der Waals surface area contributed by atoms with Crippen molar-refractivity contribution >= 4 is 23.2 Å². The number of aliphatic hydroxyl groups excluding tert-OH is 1. The van der Waals surface area contributed by atoms with Gasteiger partial charge in [-0.3, -0.25) is 4.79 Å². The number of hydrogen-bond donors (Lipinski definition) is 3. The molecule has 4 N–H and O–H groups in total. The van der Waals surface area contributed by atoms with E-state index in [-0.39, 0.29) is 18.2 Å². The first-order valence-corrected chi connectivity index (χ1v) is 5.72. The number of carbonyl (C=O) groups excluding carboxylic acids is 1. The van der Waals surface area contributed by atoms with Crippen molar-refractivity contribution in [3.05, 3.63) is 28.8 Å². The molecule has 4 nitrogen and oxygen atoms in total. The van der Waals surface area contributed by atoms with Crippen LogP contribution in [0.25, 0.3) is 0 Å². The van der Waals surface area contributed by atoms with Crippen LogP contribution in [0.4, 0.5) is 5.69 Å². The number of nitrogen functional groups attached to an aromatic ring is 1. The summed E-state index contributed by atoms with van der Waals surface area (Å²) in [6.07, 6.45) is 0.471. The van der Waals surface area contributed by atoms with Gasteiger partial charge in [-0.15, -0.1) is 0 Å². The number of rotatable bonds is 4. The first-order chi connectivity index (χ1) is 7.87. The second-order valence-electron chi connectivity index (χ2n) is 4.51.